The van der Waals surface area contributed by atoms with Crippen LogP contribution >= 0.6 is 23.2 Å². The van der Waals surface area contributed by atoms with Crippen molar-refractivity contribution in [3.05, 3.63) is 52.3 Å². The highest BCUT2D eigenvalue weighted by molar-refractivity contribution is 7.90. The Bertz CT molecular complexity index is 717. The predicted octanol–water partition coefficient (Wildman–Crippen LogP) is 2.94. The second-order valence-corrected chi connectivity index (χ2v) is 6.69. The van der Waals surface area contributed by atoms with Gasteiger partial charge in [-0.2, -0.15) is 0 Å². The molecule has 1 aromatic carbocycles. The highest BCUT2D eigenvalue weighted by Gasteiger charge is 2.18. The van der Waals surface area contributed by atoms with E-state index in [4.69, 9.17) is 28.9 Å². The van der Waals surface area contributed by atoms with Crippen molar-refractivity contribution in [2.45, 2.75) is 10.6 Å². The van der Waals surface area contributed by atoms with Gasteiger partial charge >= 0.3 is 0 Å². The van der Waals surface area contributed by atoms with E-state index in [1.165, 1.54) is 24.5 Å². The lowest BCUT2D eigenvalue weighted by Gasteiger charge is -2.07. The zero-order chi connectivity index (χ0) is 14.0. The molecule has 0 atom stereocenters. The van der Waals surface area contributed by atoms with Crippen molar-refractivity contribution in [2.75, 3.05) is 5.73 Å². The molecule has 0 bridgehead atoms. The molecular weight excluding hydrogens is 307 g/mol. The van der Waals surface area contributed by atoms with Crippen LogP contribution in [0, 0.1) is 0 Å². The third-order valence-electron chi connectivity index (χ3n) is 2.49. The lowest BCUT2D eigenvalue weighted by atomic mass is 10.2. The first-order valence-electron chi connectivity index (χ1n) is 5.26. The predicted molar refractivity (Wildman–Crippen MR) is 76.0 cm³/mol. The van der Waals surface area contributed by atoms with E-state index in [9.17, 15) is 8.42 Å². The number of hydrogen-bond donors (Lipinski definition) is 1. The molecule has 2 rings (SSSR count). The average molecular weight is 317 g/mol. The molecule has 0 aliphatic heterocycles. The number of aromatic nitrogens is 1. The molecule has 2 aromatic rings. The van der Waals surface area contributed by atoms with Crippen LogP contribution in [0.5, 0.6) is 0 Å². The van der Waals surface area contributed by atoms with Crippen molar-refractivity contribution in [3.63, 3.8) is 0 Å². The fourth-order valence-electron chi connectivity index (χ4n) is 1.60. The Morgan fingerprint density at radius 2 is 1.89 bits per heavy atom. The van der Waals surface area contributed by atoms with Gasteiger partial charge in [0.1, 0.15) is 0 Å². The lowest BCUT2D eigenvalue weighted by molar-refractivity contribution is 0.595. The van der Waals surface area contributed by atoms with Gasteiger partial charge < -0.3 is 5.73 Å². The maximum absolute atomic E-state index is 12.2. The van der Waals surface area contributed by atoms with E-state index in [1.807, 2.05) is 0 Å². The van der Waals surface area contributed by atoms with Gasteiger partial charge in [-0.25, -0.2) is 8.42 Å². The second-order valence-electron chi connectivity index (χ2n) is 3.92. The molecule has 19 heavy (non-hydrogen) atoms. The number of nitrogens with two attached hydrogens (primary N) is 1. The Balaban J connectivity index is 2.37. The highest BCUT2D eigenvalue weighted by Crippen LogP contribution is 2.26. The molecule has 0 spiro atoms. The second kappa shape index (κ2) is 5.36. The molecule has 0 fully saturated rings. The molecule has 100 valence electrons. The number of pyridine rings is 1. The molecule has 2 N–H and O–H groups in total. The Morgan fingerprint density at radius 3 is 2.53 bits per heavy atom. The lowest BCUT2D eigenvalue weighted by Crippen LogP contribution is -2.08. The first-order chi connectivity index (χ1) is 8.90. The smallest absolute Gasteiger partial charge is 0.184 e. The van der Waals surface area contributed by atoms with E-state index in [0.29, 0.717) is 15.6 Å². The van der Waals surface area contributed by atoms with Crippen LogP contribution in [0.25, 0.3) is 0 Å². The van der Waals surface area contributed by atoms with Crippen LogP contribution in [-0.2, 0) is 15.6 Å². The number of anilines is 1. The molecule has 0 saturated heterocycles. The number of benzene rings is 1. The Hall–Kier alpha value is -1.30. The summed E-state index contributed by atoms with van der Waals surface area (Å²) in [6.45, 7) is 0. The van der Waals surface area contributed by atoms with Crippen LogP contribution in [0.15, 0.2) is 41.6 Å². The van der Waals surface area contributed by atoms with Crippen molar-refractivity contribution in [2.24, 2.45) is 0 Å². The van der Waals surface area contributed by atoms with Crippen molar-refractivity contribution < 1.29 is 8.42 Å². The molecule has 4 nitrogen and oxygen atoms in total. The van der Waals surface area contributed by atoms with Gasteiger partial charge in [-0.05, 0) is 23.8 Å². The van der Waals surface area contributed by atoms with Crippen LogP contribution in [0.3, 0.4) is 0 Å². The fraction of sp³-hybridized carbons (Fsp3) is 0.0833. The average Bonchev–Trinajstić information content (AvgIpc) is 2.34. The maximum Gasteiger partial charge on any atom is 0.184 e. The summed E-state index contributed by atoms with van der Waals surface area (Å²) in [5, 5.41) is 0.698. The summed E-state index contributed by atoms with van der Waals surface area (Å²) in [6.07, 6.45) is 2.69. The summed E-state index contributed by atoms with van der Waals surface area (Å²) < 4.78 is 24.5. The number of nitrogen functional groups attached to an aromatic ring is 1. The zero-order valence-corrected chi connectivity index (χ0v) is 12.0. The SMILES string of the molecule is Nc1cnccc1S(=O)(=O)Cc1ccc(Cl)c(Cl)c1. The number of halogens is 2. The molecule has 0 amide bonds. The Labute approximate surface area is 121 Å². The van der Waals surface area contributed by atoms with Crippen molar-refractivity contribution in [3.8, 4) is 0 Å². The minimum atomic E-state index is -3.54. The quantitative estimate of drug-likeness (QED) is 0.944. The van der Waals surface area contributed by atoms with E-state index >= 15 is 0 Å². The standard InChI is InChI=1S/C12H10Cl2N2O2S/c13-9-2-1-8(5-10(9)14)7-19(17,18)12-3-4-16-6-11(12)15/h1-6H,7,15H2. The molecule has 1 aromatic heterocycles. The Morgan fingerprint density at radius 1 is 1.16 bits per heavy atom. The maximum atomic E-state index is 12.2. The molecule has 0 aliphatic carbocycles. The largest absolute Gasteiger partial charge is 0.396 e. The first kappa shape index (κ1) is 14.1. The third kappa shape index (κ3) is 3.18. The molecule has 0 unspecified atom stereocenters. The normalized spacial score (nSPS) is 11.5. The molecule has 0 aliphatic rings. The van der Waals surface area contributed by atoms with E-state index in [-0.39, 0.29) is 16.3 Å². The van der Waals surface area contributed by atoms with E-state index < -0.39 is 9.84 Å². The molecule has 1 heterocycles. The van der Waals surface area contributed by atoms with Gasteiger partial charge in [0.05, 0.1) is 32.6 Å². The number of nitrogens with zero attached hydrogens (tertiary/aromatic N) is 1. The number of sulfone groups is 1. The zero-order valence-electron chi connectivity index (χ0n) is 9.68. The molecular formula is C12H10Cl2N2O2S. The minimum absolute atomic E-state index is 0.0635. The minimum Gasteiger partial charge on any atom is -0.396 e. The van der Waals surface area contributed by atoms with Gasteiger partial charge in [0, 0.05) is 6.20 Å². The van der Waals surface area contributed by atoms with Crippen LogP contribution < -0.4 is 5.73 Å². The van der Waals surface area contributed by atoms with E-state index in [0.717, 1.165) is 0 Å². The van der Waals surface area contributed by atoms with Crippen molar-refractivity contribution in [1.82, 2.24) is 4.98 Å². The monoisotopic (exact) mass is 316 g/mol. The van der Waals surface area contributed by atoms with Gasteiger partial charge in [-0.1, -0.05) is 29.3 Å². The topological polar surface area (TPSA) is 73.0 Å². The highest BCUT2D eigenvalue weighted by atomic mass is 35.5. The third-order valence-corrected chi connectivity index (χ3v) is 4.98. The molecule has 0 saturated carbocycles. The van der Waals surface area contributed by atoms with Crippen molar-refractivity contribution in [1.29, 1.82) is 0 Å². The van der Waals surface area contributed by atoms with Gasteiger partial charge in [0.15, 0.2) is 9.84 Å². The summed E-state index contributed by atoms with van der Waals surface area (Å²) in [5.74, 6) is -0.196. The number of rotatable bonds is 3. The molecule has 0 radical (unpaired) electrons. The summed E-state index contributed by atoms with van der Waals surface area (Å²) in [4.78, 5) is 3.83. The summed E-state index contributed by atoms with van der Waals surface area (Å²) in [6, 6.07) is 6.08. The van der Waals surface area contributed by atoms with E-state index in [1.54, 1.807) is 12.1 Å². The van der Waals surface area contributed by atoms with Crippen molar-refractivity contribution >= 4 is 38.7 Å². The summed E-state index contributed by atoms with van der Waals surface area (Å²) in [7, 11) is -3.54. The number of hydrogen-bond acceptors (Lipinski definition) is 4. The molecule has 7 heteroatoms. The van der Waals surface area contributed by atoms with Crippen LogP contribution in [0.2, 0.25) is 10.0 Å². The van der Waals surface area contributed by atoms with Gasteiger partial charge in [-0.3, -0.25) is 4.98 Å². The Kier molecular flexibility index (Phi) is 3.99. The first-order valence-corrected chi connectivity index (χ1v) is 7.67. The van der Waals surface area contributed by atoms with Gasteiger partial charge in [-0.15, -0.1) is 0 Å². The summed E-state index contributed by atoms with van der Waals surface area (Å²) >= 11 is 11.6. The van der Waals surface area contributed by atoms with Crippen LogP contribution in [0.4, 0.5) is 5.69 Å². The fourth-order valence-corrected chi connectivity index (χ4v) is 3.38. The van der Waals surface area contributed by atoms with Gasteiger partial charge in [0.2, 0.25) is 0 Å². The van der Waals surface area contributed by atoms with Crippen LogP contribution in [-0.4, -0.2) is 13.4 Å². The van der Waals surface area contributed by atoms with Crippen LogP contribution in [0.1, 0.15) is 5.56 Å². The summed E-state index contributed by atoms with van der Waals surface area (Å²) in [5.41, 5.74) is 6.30. The van der Waals surface area contributed by atoms with E-state index in [2.05, 4.69) is 4.98 Å². The van der Waals surface area contributed by atoms with Gasteiger partial charge in [0.25, 0.3) is 0 Å².